The number of carbonyl (C=O) groups is 3. The molecule has 1 unspecified atom stereocenters. The molecule has 0 radical (unpaired) electrons. The first kappa shape index (κ1) is 22.8. The largest absolute Gasteiger partial charge is 0.481 e. The van der Waals surface area contributed by atoms with E-state index in [0.29, 0.717) is 22.9 Å². The quantitative estimate of drug-likeness (QED) is 0.576. The molecule has 0 saturated heterocycles. The molecule has 1 atom stereocenters. The molecule has 0 spiro atoms. The summed E-state index contributed by atoms with van der Waals surface area (Å²) in [7, 11) is 0. The Morgan fingerprint density at radius 3 is 2.43 bits per heavy atom. The Labute approximate surface area is 182 Å². The van der Waals surface area contributed by atoms with Crippen molar-refractivity contribution in [1.82, 2.24) is 5.32 Å². The van der Waals surface area contributed by atoms with Crippen molar-refractivity contribution in [3.8, 4) is 0 Å². The molecule has 7 heteroatoms. The molecule has 3 N–H and O–H groups in total. The summed E-state index contributed by atoms with van der Waals surface area (Å²) in [6.45, 7) is 6.78. The highest BCUT2D eigenvalue weighted by Crippen LogP contribution is 2.44. The predicted octanol–water partition coefficient (Wildman–Crippen LogP) is 4.76. The van der Waals surface area contributed by atoms with Gasteiger partial charge in [-0.25, -0.2) is 0 Å². The minimum atomic E-state index is -0.903. The second-order valence-electron chi connectivity index (χ2n) is 9.76. The fourth-order valence-corrected chi connectivity index (χ4v) is 5.91. The first-order chi connectivity index (χ1) is 14.1. The first-order valence-electron chi connectivity index (χ1n) is 11.1. The minimum Gasteiger partial charge on any atom is -0.481 e. The normalized spacial score (nSPS) is 19.4. The monoisotopic (exact) mass is 434 g/mol. The van der Waals surface area contributed by atoms with Gasteiger partial charge in [0.15, 0.2) is 0 Å². The molecule has 1 aromatic rings. The Morgan fingerprint density at radius 2 is 1.80 bits per heavy atom. The lowest BCUT2D eigenvalue weighted by Gasteiger charge is -2.33. The topological polar surface area (TPSA) is 95.5 Å². The zero-order chi connectivity index (χ0) is 21.9. The molecule has 3 rings (SSSR count). The number of thiophene rings is 1. The van der Waals surface area contributed by atoms with E-state index in [1.165, 1.54) is 16.2 Å². The number of carboxylic acid groups (broad SMARTS) is 1. The Bertz CT molecular complexity index is 803. The van der Waals surface area contributed by atoms with Gasteiger partial charge in [0.1, 0.15) is 5.00 Å². The van der Waals surface area contributed by atoms with Crippen LogP contribution in [-0.4, -0.2) is 28.9 Å². The van der Waals surface area contributed by atoms with Crippen molar-refractivity contribution in [3.63, 3.8) is 0 Å². The van der Waals surface area contributed by atoms with Gasteiger partial charge in [-0.05, 0) is 55.4 Å². The van der Waals surface area contributed by atoms with Gasteiger partial charge in [0.25, 0.3) is 5.91 Å². The van der Waals surface area contributed by atoms with Crippen LogP contribution in [0.5, 0.6) is 0 Å². The number of hydrogen-bond acceptors (Lipinski definition) is 4. The SMILES string of the molecule is CC(C)(C)C1CCc2c(sc(NC(=O)CCCC(=O)O)c2C(=O)NC2CCCC2)C1. The Morgan fingerprint density at radius 1 is 1.10 bits per heavy atom. The highest BCUT2D eigenvalue weighted by molar-refractivity contribution is 7.17. The summed E-state index contributed by atoms with van der Waals surface area (Å²) in [5.74, 6) is -0.653. The van der Waals surface area contributed by atoms with Crippen molar-refractivity contribution < 1.29 is 19.5 Å². The maximum absolute atomic E-state index is 13.2. The van der Waals surface area contributed by atoms with Gasteiger partial charge >= 0.3 is 5.97 Å². The number of anilines is 1. The van der Waals surface area contributed by atoms with Crippen LogP contribution in [0.4, 0.5) is 5.00 Å². The van der Waals surface area contributed by atoms with Crippen molar-refractivity contribution in [2.24, 2.45) is 11.3 Å². The van der Waals surface area contributed by atoms with Crippen LogP contribution >= 0.6 is 11.3 Å². The number of aliphatic carboxylic acids is 1. The maximum atomic E-state index is 13.2. The van der Waals surface area contributed by atoms with Gasteiger partial charge in [-0.1, -0.05) is 33.6 Å². The van der Waals surface area contributed by atoms with Gasteiger partial charge in [0.2, 0.25) is 5.91 Å². The Kier molecular flexibility index (Phi) is 7.22. The highest BCUT2D eigenvalue weighted by Gasteiger charge is 2.34. The zero-order valence-corrected chi connectivity index (χ0v) is 19.1. The molecule has 1 aromatic heterocycles. The predicted molar refractivity (Wildman–Crippen MR) is 119 cm³/mol. The van der Waals surface area contributed by atoms with E-state index < -0.39 is 5.97 Å². The number of rotatable bonds is 7. The van der Waals surface area contributed by atoms with E-state index in [1.807, 2.05) is 0 Å². The van der Waals surface area contributed by atoms with E-state index >= 15 is 0 Å². The summed E-state index contributed by atoms with van der Waals surface area (Å²) in [5, 5.41) is 15.5. The number of carboxylic acids is 1. The molecule has 2 amide bonds. The van der Waals surface area contributed by atoms with Gasteiger partial charge in [-0.3, -0.25) is 14.4 Å². The molecule has 0 aromatic carbocycles. The minimum absolute atomic E-state index is 0.0311. The Balaban J connectivity index is 1.80. The van der Waals surface area contributed by atoms with Crippen molar-refractivity contribution in [2.75, 3.05) is 5.32 Å². The third-order valence-electron chi connectivity index (χ3n) is 6.45. The van der Waals surface area contributed by atoms with E-state index in [4.69, 9.17) is 5.11 Å². The van der Waals surface area contributed by atoms with E-state index in [1.54, 1.807) is 0 Å². The van der Waals surface area contributed by atoms with Crippen molar-refractivity contribution in [3.05, 3.63) is 16.0 Å². The summed E-state index contributed by atoms with van der Waals surface area (Å²) >= 11 is 1.53. The lowest BCUT2D eigenvalue weighted by molar-refractivity contribution is -0.137. The average molecular weight is 435 g/mol. The first-order valence-corrected chi connectivity index (χ1v) is 11.9. The highest BCUT2D eigenvalue weighted by atomic mass is 32.1. The van der Waals surface area contributed by atoms with Gasteiger partial charge in [0.05, 0.1) is 5.56 Å². The summed E-state index contributed by atoms with van der Waals surface area (Å²) in [5.41, 5.74) is 1.94. The summed E-state index contributed by atoms with van der Waals surface area (Å²) in [6, 6.07) is 0.220. The number of carbonyl (C=O) groups excluding carboxylic acids is 2. The third kappa shape index (κ3) is 5.62. The van der Waals surface area contributed by atoms with Crippen LogP contribution in [0.1, 0.15) is 92.9 Å². The number of hydrogen-bond donors (Lipinski definition) is 3. The van der Waals surface area contributed by atoms with Gasteiger partial charge in [-0.15, -0.1) is 11.3 Å². The van der Waals surface area contributed by atoms with Crippen LogP contribution in [0.2, 0.25) is 0 Å². The lowest BCUT2D eigenvalue weighted by Crippen LogP contribution is -2.34. The molecule has 166 valence electrons. The standard InChI is InChI=1S/C23H34N2O4S/c1-23(2,3)14-11-12-16-17(13-14)30-22(25-18(26)9-6-10-19(27)28)20(16)21(29)24-15-7-4-5-8-15/h14-15H,4-13H2,1-3H3,(H,24,29)(H,25,26)(H,27,28). The second kappa shape index (κ2) is 9.50. The van der Waals surface area contributed by atoms with Gasteiger partial charge < -0.3 is 15.7 Å². The van der Waals surface area contributed by atoms with E-state index in [2.05, 4.69) is 31.4 Å². The molecule has 2 aliphatic rings. The van der Waals surface area contributed by atoms with E-state index in [9.17, 15) is 14.4 Å². The molecule has 2 aliphatic carbocycles. The summed E-state index contributed by atoms with van der Waals surface area (Å²) < 4.78 is 0. The third-order valence-corrected chi connectivity index (χ3v) is 7.62. The fraction of sp³-hybridized carbons (Fsp3) is 0.696. The zero-order valence-electron chi connectivity index (χ0n) is 18.3. The van der Waals surface area contributed by atoms with Crippen LogP contribution in [0.25, 0.3) is 0 Å². The van der Waals surface area contributed by atoms with Crippen LogP contribution in [-0.2, 0) is 22.4 Å². The molecule has 1 saturated carbocycles. The van der Waals surface area contributed by atoms with Crippen LogP contribution in [0.3, 0.4) is 0 Å². The van der Waals surface area contributed by atoms with Gasteiger partial charge in [-0.2, -0.15) is 0 Å². The second-order valence-corrected chi connectivity index (χ2v) is 10.9. The number of fused-ring (bicyclic) bond motifs is 1. The van der Waals surface area contributed by atoms with E-state index in [0.717, 1.165) is 50.5 Å². The molecular formula is C23H34N2O4S. The lowest BCUT2D eigenvalue weighted by atomic mass is 9.72. The van der Waals surface area contributed by atoms with Crippen molar-refractivity contribution in [1.29, 1.82) is 0 Å². The molecule has 1 fully saturated rings. The molecule has 0 aliphatic heterocycles. The average Bonchev–Trinajstić information content (AvgIpc) is 3.26. The molecule has 6 nitrogen and oxygen atoms in total. The molecule has 30 heavy (non-hydrogen) atoms. The van der Waals surface area contributed by atoms with Crippen LogP contribution < -0.4 is 10.6 Å². The number of amides is 2. The smallest absolute Gasteiger partial charge is 0.303 e. The number of nitrogens with one attached hydrogen (secondary N) is 2. The van der Waals surface area contributed by atoms with Gasteiger partial charge in [0, 0.05) is 23.8 Å². The van der Waals surface area contributed by atoms with Crippen LogP contribution in [0.15, 0.2) is 0 Å². The summed E-state index contributed by atoms with van der Waals surface area (Å²) in [6.07, 6.45) is 7.56. The fourth-order valence-electron chi connectivity index (χ4n) is 4.57. The maximum Gasteiger partial charge on any atom is 0.303 e. The van der Waals surface area contributed by atoms with Crippen LogP contribution in [0, 0.1) is 11.3 Å². The molecule has 1 heterocycles. The Hall–Kier alpha value is -1.89. The van der Waals surface area contributed by atoms with E-state index in [-0.39, 0.29) is 36.1 Å². The molecule has 0 bridgehead atoms. The van der Waals surface area contributed by atoms with Crippen molar-refractivity contribution >= 4 is 34.1 Å². The van der Waals surface area contributed by atoms with Crippen molar-refractivity contribution in [2.45, 2.75) is 91.0 Å². The summed E-state index contributed by atoms with van der Waals surface area (Å²) in [4.78, 5) is 37.5. The molecular weight excluding hydrogens is 400 g/mol.